The first-order valence-electron chi connectivity index (χ1n) is 2.60. The monoisotopic (exact) mass is 217 g/mol. The number of nitrogens with zero attached hydrogens (tertiary/aromatic N) is 1. The van der Waals surface area contributed by atoms with Gasteiger partial charge in [-0.2, -0.15) is 8.42 Å². The molecule has 0 fully saturated rings. The summed E-state index contributed by atoms with van der Waals surface area (Å²) in [5.41, 5.74) is 0. The summed E-state index contributed by atoms with van der Waals surface area (Å²) < 4.78 is 55.2. The Balaban J connectivity index is 3.09. The van der Waals surface area contributed by atoms with E-state index >= 15 is 0 Å². The third-order valence-electron chi connectivity index (χ3n) is 0.929. The lowest BCUT2D eigenvalue weighted by Crippen LogP contribution is -1.85. The number of hydrogen-bond acceptors (Lipinski definition) is 4. The van der Waals surface area contributed by atoms with Gasteiger partial charge in [0.15, 0.2) is 9.22 Å². The molecule has 0 aliphatic rings. The van der Waals surface area contributed by atoms with Crippen LogP contribution >= 0.6 is 11.3 Å². The minimum atomic E-state index is -4.89. The number of thiazole rings is 1. The van der Waals surface area contributed by atoms with Crippen LogP contribution in [0.1, 0.15) is 11.4 Å². The van der Waals surface area contributed by atoms with Gasteiger partial charge < -0.3 is 0 Å². The molecular weight excluding hydrogens is 215 g/mol. The predicted octanol–water partition coefficient (Wildman–Crippen LogP) is 1.74. The zero-order valence-corrected chi connectivity index (χ0v) is 7.00. The molecule has 1 heterocycles. The van der Waals surface area contributed by atoms with E-state index in [9.17, 15) is 21.1 Å². The predicted molar refractivity (Wildman–Crippen MR) is 35.4 cm³/mol. The Labute approximate surface area is 70.1 Å². The third kappa shape index (κ3) is 1.95. The summed E-state index contributed by atoms with van der Waals surface area (Å²) in [6, 6.07) is 0. The molecule has 12 heavy (non-hydrogen) atoms. The summed E-state index contributed by atoms with van der Waals surface area (Å²) in [5, 5.41) is -0.703. The number of halogens is 3. The van der Waals surface area contributed by atoms with Crippen LogP contribution in [-0.2, 0) is 10.2 Å². The molecule has 0 N–H and O–H groups in total. The van der Waals surface area contributed by atoms with E-state index in [4.69, 9.17) is 0 Å². The van der Waals surface area contributed by atoms with Crippen molar-refractivity contribution in [1.82, 2.24) is 4.98 Å². The van der Waals surface area contributed by atoms with Gasteiger partial charge in [-0.25, -0.2) is 13.8 Å². The van der Waals surface area contributed by atoms with Crippen LogP contribution in [-0.4, -0.2) is 13.4 Å². The van der Waals surface area contributed by atoms with Crippen LogP contribution in [0.4, 0.5) is 12.7 Å². The molecule has 8 heteroatoms. The van der Waals surface area contributed by atoms with Crippen LogP contribution in [0.3, 0.4) is 0 Å². The van der Waals surface area contributed by atoms with E-state index in [2.05, 4.69) is 4.98 Å². The maximum atomic E-state index is 12.1. The van der Waals surface area contributed by atoms with Gasteiger partial charge in [-0.05, 0) is 0 Å². The average molecular weight is 217 g/mol. The summed E-state index contributed by atoms with van der Waals surface area (Å²) >= 11 is 0.124. The van der Waals surface area contributed by atoms with E-state index < -0.39 is 25.9 Å². The molecule has 1 rings (SSSR count). The summed E-state index contributed by atoms with van der Waals surface area (Å²) in [6.45, 7) is 0. The number of alkyl halides is 2. The van der Waals surface area contributed by atoms with Crippen molar-refractivity contribution in [2.75, 3.05) is 0 Å². The van der Waals surface area contributed by atoms with Crippen molar-refractivity contribution in [2.24, 2.45) is 0 Å². The second-order valence-corrected chi connectivity index (χ2v) is 4.39. The van der Waals surface area contributed by atoms with E-state index in [0.717, 1.165) is 0 Å². The number of aromatic nitrogens is 1. The van der Waals surface area contributed by atoms with Crippen LogP contribution in [0.15, 0.2) is 10.4 Å². The molecule has 0 aliphatic heterocycles. The van der Waals surface area contributed by atoms with Crippen molar-refractivity contribution in [1.29, 1.82) is 0 Å². The summed E-state index contributed by atoms with van der Waals surface area (Å²) in [4.78, 5) is 3.03. The molecule has 68 valence electrons. The van der Waals surface area contributed by atoms with Crippen molar-refractivity contribution >= 4 is 21.6 Å². The molecule has 1 aromatic rings. The molecule has 0 bridgehead atoms. The Kier molecular flexibility index (Phi) is 2.38. The fraction of sp³-hybridized carbons (Fsp3) is 0.250. The molecule has 0 aromatic carbocycles. The highest BCUT2D eigenvalue weighted by Crippen LogP contribution is 2.27. The van der Waals surface area contributed by atoms with Crippen molar-refractivity contribution < 1.29 is 21.1 Å². The molecule has 0 saturated heterocycles. The number of rotatable bonds is 2. The molecular formula is C4H2F3NO2S2. The second kappa shape index (κ2) is 3.02. The average Bonchev–Trinajstić information content (AvgIpc) is 2.30. The van der Waals surface area contributed by atoms with E-state index in [1.807, 2.05) is 0 Å². The van der Waals surface area contributed by atoms with Crippen LogP contribution in [0.25, 0.3) is 0 Å². The minimum absolute atomic E-state index is 0.124. The first-order valence-corrected chi connectivity index (χ1v) is 4.80. The van der Waals surface area contributed by atoms with Gasteiger partial charge >= 0.3 is 10.2 Å². The van der Waals surface area contributed by atoms with Crippen LogP contribution in [0, 0.1) is 0 Å². The molecule has 0 atom stereocenters. The molecule has 0 amide bonds. The molecule has 0 spiro atoms. The Bertz CT molecular complexity index is 371. The molecule has 0 unspecified atom stereocenters. The molecule has 0 radical (unpaired) electrons. The fourth-order valence-electron chi connectivity index (χ4n) is 0.486. The van der Waals surface area contributed by atoms with Gasteiger partial charge in [0.25, 0.3) is 6.43 Å². The Morgan fingerprint density at radius 1 is 1.50 bits per heavy atom. The van der Waals surface area contributed by atoms with Gasteiger partial charge in [0, 0.05) is 0 Å². The fourth-order valence-corrected chi connectivity index (χ4v) is 1.82. The lowest BCUT2D eigenvalue weighted by molar-refractivity contribution is 0.151. The van der Waals surface area contributed by atoms with Crippen LogP contribution in [0.2, 0.25) is 0 Å². The van der Waals surface area contributed by atoms with Gasteiger partial charge in [0.05, 0.1) is 6.20 Å². The first-order chi connectivity index (χ1) is 5.41. The van der Waals surface area contributed by atoms with E-state index in [0.29, 0.717) is 6.20 Å². The Hall–Kier alpha value is -0.630. The molecule has 3 nitrogen and oxygen atoms in total. The van der Waals surface area contributed by atoms with Crippen molar-refractivity contribution in [2.45, 2.75) is 10.6 Å². The van der Waals surface area contributed by atoms with Crippen LogP contribution < -0.4 is 0 Å². The Morgan fingerprint density at radius 2 is 2.08 bits per heavy atom. The highest BCUT2D eigenvalue weighted by molar-refractivity contribution is 7.88. The smallest absolute Gasteiger partial charge is 0.242 e. The topological polar surface area (TPSA) is 47.0 Å². The summed E-state index contributed by atoms with van der Waals surface area (Å²) in [6.07, 6.45) is -2.30. The lowest BCUT2D eigenvalue weighted by atomic mass is 10.7. The first kappa shape index (κ1) is 9.46. The largest absolute Gasteiger partial charge is 0.343 e. The molecule has 1 aromatic heterocycles. The highest BCUT2D eigenvalue weighted by atomic mass is 32.3. The highest BCUT2D eigenvalue weighted by Gasteiger charge is 2.20. The molecule has 0 saturated carbocycles. The van der Waals surface area contributed by atoms with E-state index in [1.165, 1.54) is 0 Å². The van der Waals surface area contributed by atoms with Gasteiger partial charge in [-0.3, -0.25) is 0 Å². The normalized spacial score (nSPS) is 12.3. The van der Waals surface area contributed by atoms with Crippen molar-refractivity contribution in [3.8, 4) is 0 Å². The maximum Gasteiger partial charge on any atom is 0.343 e. The van der Waals surface area contributed by atoms with Gasteiger partial charge in [0.1, 0.15) is 0 Å². The van der Waals surface area contributed by atoms with Crippen molar-refractivity contribution in [3.63, 3.8) is 0 Å². The minimum Gasteiger partial charge on any atom is -0.242 e. The Morgan fingerprint density at radius 3 is 2.33 bits per heavy atom. The van der Waals surface area contributed by atoms with Gasteiger partial charge in [-0.1, -0.05) is 15.2 Å². The van der Waals surface area contributed by atoms with E-state index in [1.54, 1.807) is 0 Å². The SMILES string of the molecule is O=S(=O)(F)c1cnc(C(F)F)s1. The van der Waals surface area contributed by atoms with Crippen molar-refractivity contribution in [3.05, 3.63) is 11.2 Å². The zero-order chi connectivity index (χ0) is 9.35. The second-order valence-electron chi connectivity index (χ2n) is 1.76. The molecule has 0 aliphatic carbocycles. The summed E-state index contributed by atoms with van der Waals surface area (Å²) in [7, 11) is -4.89. The number of hydrogen-bond donors (Lipinski definition) is 0. The lowest BCUT2D eigenvalue weighted by Gasteiger charge is -1.87. The van der Waals surface area contributed by atoms with Crippen LogP contribution in [0.5, 0.6) is 0 Å². The third-order valence-corrected chi connectivity index (χ3v) is 3.16. The zero-order valence-electron chi connectivity index (χ0n) is 5.37. The van der Waals surface area contributed by atoms with E-state index in [-0.39, 0.29) is 11.3 Å². The summed E-state index contributed by atoms with van der Waals surface area (Å²) in [5.74, 6) is 0. The van der Waals surface area contributed by atoms with Gasteiger partial charge in [-0.15, -0.1) is 0 Å². The quantitative estimate of drug-likeness (QED) is 0.709. The standard InChI is InChI=1S/C4H2F3NO2S2/c5-3(6)4-8-1-2(11-4)12(7,9)10/h1,3H. The van der Waals surface area contributed by atoms with Gasteiger partial charge in [0.2, 0.25) is 0 Å². The maximum absolute atomic E-state index is 12.1.